The quantitative estimate of drug-likeness (QED) is 0.546. The second kappa shape index (κ2) is 10.6. The van der Waals surface area contributed by atoms with E-state index >= 15 is 0 Å². The Balaban J connectivity index is 3.60. The minimum absolute atomic E-state index is 0.151. The lowest BCUT2D eigenvalue weighted by Crippen LogP contribution is -2.20. The van der Waals surface area contributed by atoms with Gasteiger partial charge in [-0.1, -0.05) is 52.4 Å². The largest absolute Gasteiger partial charge is 0.481 e. The Kier molecular flexibility index (Phi) is 10.2. The van der Waals surface area contributed by atoms with Gasteiger partial charge in [0.05, 0.1) is 0 Å². The minimum atomic E-state index is -0.726. The van der Waals surface area contributed by atoms with Gasteiger partial charge in [-0.25, -0.2) is 0 Å². The van der Waals surface area contributed by atoms with E-state index in [0.29, 0.717) is 12.5 Å². The third kappa shape index (κ3) is 10.3. The fourth-order valence-corrected chi connectivity index (χ4v) is 2.29. The summed E-state index contributed by atoms with van der Waals surface area (Å²) in [6.45, 7) is 4.93. The van der Waals surface area contributed by atoms with Crippen LogP contribution in [0.15, 0.2) is 0 Å². The van der Waals surface area contributed by atoms with Crippen molar-refractivity contribution in [3.63, 3.8) is 0 Å². The molecule has 102 valence electrons. The first-order valence-electron chi connectivity index (χ1n) is 7.02. The number of unbranched alkanes of at least 4 members (excludes halogenated alkanes) is 4. The van der Waals surface area contributed by atoms with E-state index in [1.165, 1.54) is 38.5 Å². The fraction of sp³-hybridized carbons (Fsp3) is 0.929. The van der Waals surface area contributed by atoms with Gasteiger partial charge in [0.15, 0.2) is 0 Å². The summed E-state index contributed by atoms with van der Waals surface area (Å²) in [6, 6.07) is 0. The van der Waals surface area contributed by atoms with E-state index in [0.717, 1.165) is 6.42 Å². The first-order chi connectivity index (χ1) is 8.10. The Morgan fingerprint density at radius 2 is 1.88 bits per heavy atom. The van der Waals surface area contributed by atoms with Crippen LogP contribution < -0.4 is 5.73 Å². The van der Waals surface area contributed by atoms with Gasteiger partial charge in [0.25, 0.3) is 0 Å². The smallest absolute Gasteiger partial charge is 0.303 e. The van der Waals surface area contributed by atoms with Crippen molar-refractivity contribution in [3.8, 4) is 0 Å². The lowest BCUT2D eigenvalue weighted by Gasteiger charge is -2.17. The number of carboxylic acids is 1. The van der Waals surface area contributed by atoms with E-state index in [1.807, 2.05) is 0 Å². The lowest BCUT2D eigenvalue weighted by atomic mass is 9.89. The van der Waals surface area contributed by atoms with Crippen LogP contribution in [0, 0.1) is 11.8 Å². The zero-order valence-corrected chi connectivity index (χ0v) is 11.5. The van der Waals surface area contributed by atoms with Crippen molar-refractivity contribution in [2.45, 2.75) is 65.2 Å². The van der Waals surface area contributed by atoms with Crippen molar-refractivity contribution in [2.75, 3.05) is 6.54 Å². The number of aliphatic carboxylic acids is 1. The third-order valence-corrected chi connectivity index (χ3v) is 3.33. The molecule has 0 aliphatic heterocycles. The van der Waals surface area contributed by atoms with Gasteiger partial charge in [-0.15, -0.1) is 0 Å². The molecule has 2 unspecified atom stereocenters. The van der Waals surface area contributed by atoms with Crippen LogP contribution in [0.2, 0.25) is 0 Å². The molecule has 0 saturated carbocycles. The van der Waals surface area contributed by atoms with Crippen molar-refractivity contribution in [1.29, 1.82) is 0 Å². The highest BCUT2D eigenvalue weighted by molar-refractivity contribution is 5.67. The zero-order valence-electron chi connectivity index (χ0n) is 11.5. The molecule has 0 saturated heterocycles. The molecule has 0 aromatic carbocycles. The van der Waals surface area contributed by atoms with Gasteiger partial charge in [-0.2, -0.15) is 0 Å². The van der Waals surface area contributed by atoms with Crippen LogP contribution >= 0.6 is 0 Å². The molecule has 0 bridgehead atoms. The molecular formula is C14H29NO2. The van der Waals surface area contributed by atoms with Gasteiger partial charge in [0.2, 0.25) is 0 Å². The van der Waals surface area contributed by atoms with Gasteiger partial charge in [-0.05, 0) is 24.8 Å². The second-order valence-electron chi connectivity index (χ2n) is 5.24. The number of carbonyl (C=O) groups is 1. The number of rotatable bonds is 11. The average molecular weight is 243 g/mol. The van der Waals surface area contributed by atoms with Gasteiger partial charge < -0.3 is 10.8 Å². The Morgan fingerprint density at radius 3 is 2.41 bits per heavy atom. The summed E-state index contributed by atoms with van der Waals surface area (Å²) in [5, 5.41) is 8.75. The summed E-state index contributed by atoms with van der Waals surface area (Å²) < 4.78 is 0. The summed E-state index contributed by atoms with van der Waals surface area (Å²) in [6.07, 6.45) is 8.91. The molecule has 0 amide bonds. The molecule has 0 spiro atoms. The molecule has 0 fully saturated rings. The van der Waals surface area contributed by atoms with Crippen LogP contribution in [0.1, 0.15) is 65.2 Å². The van der Waals surface area contributed by atoms with E-state index in [1.54, 1.807) is 0 Å². The molecule has 0 rings (SSSR count). The van der Waals surface area contributed by atoms with Crippen molar-refractivity contribution >= 4 is 5.97 Å². The molecule has 0 aromatic heterocycles. The molecule has 2 atom stereocenters. The summed E-state index contributed by atoms with van der Waals surface area (Å²) in [5.41, 5.74) is 5.60. The fourth-order valence-electron chi connectivity index (χ4n) is 2.29. The zero-order chi connectivity index (χ0) is 13.1. The van der Waals surface area contributed by atoms with Crippen LogP contribution in [0.4, 0.5) is 0 Å². The standard InChI is InChI=1S/C14H29NO2/c1-3-4-5-6-7-8-12(2)9-13(11-15)10-14(16)17/h12-13H,3-11,15H2,1-2H3,(H,16,17). The van der Waals surface area contributed by atoms with Gasteiger partial charge in [0.1, 0.15) is 0 Å². The second-order valence-corrected chi connectivity index (χ2v) is 5.24. The van der Waals surface area contributed by atoms with Crippen LogP contribution in [-0.2, 0) is 4.79 Å². The van der Waals surface area contributed by atoms with Crippen molar-refractivity contribution < 1.29 is 9.90 Å². The number of hydrogen-bond donors (Lipinski definition) is 2. The molecule has 17 heavy (non-hydrogen) atoms. The minimum Gasteiger partial charge on any atom is -0.481 e. The highest BCUT2D eigenvalue weighted by Gasteiger charge is 2.14. The molecule has 0 aromatic rings. The molecule has 3 nitrogen and oxygen atoms in total. The Labute approximate surface area is 106 Å². The molecule has 3 heteroatoms. The van der Waals surface area contributed by atoms with Gasteiger partial charge >= 0.3 is 5.97 Å². The first-order valence-corrected chi connectivity index (χ1v) is 7.02. The summed E-state index contributed by atoms with van der Waals surface area (Å²) >= 11 is 0. The van der Waals surface area contributed by atoms with Gasteiger partial charge in [0, 0.05) is 6.42 Å². The number of nitrogens with two attached hydrogens (primary N) is 1. The SMILES string of the molecule is CCCCCCCC(C)CC(CN)CC(=O)O. The maximum Gasteiger partial charge on any atom is 0.303 e. The maximum absolute atomic E-state index is 10.6. The average Bonchev–Trinajstić information content (AvgIpc) is 2.27. The normalized spacial score (nSPS) is 14.5. The maximum atomic E-state index is 10.6. The molecule has 0 aliphatic rings. The van der Waals surface area contributed by atoms with Crippen LogP contribution in [-0.4, -0.2) is 17.6 Å². The Morgan fingerprint density at radius 1 is 1.24 bits per heavy atom. The molecule has 0 radical (unpaired) electrons. The Hall–Kier alpha value is -0.570. The van der Waals surface area contributed by atoms with Gasteiger partial charge in [-0.3, -0.25) is 4.79 Å². The molecule has 0 heterocycles. The van der Waals surface area contributed by atoms with E-state index in [9.17, 15) is 4.79 Å². The third-order valence-electron chi connectivity index (χ3n) is 3.33. The van der Waals surface area contributed by atoms with E-state index in [4.69, 9.17) is 10.8 Å². The molecular weight excluding hydrogens is 214 g/mol. The first kappa shape index (κ1) is 16.4. The van der Waals surface area contributed by atoms with Crippen LogP contribution in [0.3, 0.4) is 0 Å². The van der Waals surface area contributed by atoms with Crippen molar-refractivity contribution in [3.05, 3.63) is 0 Å². The highest BCUT2D eigenvalue weighted by atomic mass is 16.4. The van der Waals surface area contributed by atoms with Crippen molar-refractivity contribution in [2.24, 2.45) is 17.6 Å². The topological polar surface area (TPSA) is 63.3 Å². The van der Waals surface area contributed by atoms with E-state index in [2.05, 4.69) is 13.8 Å². The van der Waals surface area contributed by atoms with E-state index in [-0.39, 0.29) is 12.3 Å². The molecule has 0 aliphatic carbocycles. The summed E-state index contributed by atoms with van der Waals surface area (Å²) in [7, 11) is 0. The Bertz CT molecular complexity index is 195. The summed E-state index contributed by atoms with van der Waals surface area (Å²) in [4.78, 5) is 10.6. The van der Waals surface area contributed by atoms with E-state index < -0.39 is 5.97 Å². The lowest BCUT2D eigenvalue weighted by molar-refractivity contribution is -0.138. The highest BCUT2D eigenvalue weighted by Crippen LogP contribution is 2.20. The predicted molar refractivity (Wildman–Crippen MR) is 72.0 cm³/mol. The van der Waals surface area contributed by atoms with Crippen LogP contribution in [0.5, 0.6) is 0 Å². The monoisotopic (exact) mass is 243 g/mol. The van der Waals surface area contributed by atoms with Crippen molar-refractivity contribution in [1.82, 2.24) is 0 Å². The number of carboxylic acid groups (broad SMARTS) is 1. The van der Waals surface area contributed by atoms with Crippen LogP contribution in [0.25, 0.3) is 0 Å². The summed E-state index contributed by atoms with van der Waals surface area (Å²) in [5.74, 6) is 0.0262. The molecule has 3 N–H and O–H groups in total. The predicted octanol–water partition coefficient (Wildman–Crippen LogP) is 3.42. The number of hydrogen-bond acceptors (Lipinski definition) is 2.